The topological polar surface area (TPSA) is 77.5 Å². The van der Waals surface area contributed by atoms with Crippen LogP contribution in [0.1, 0.15) is 35.5 Å². The molecule has 0 radical (unpaired) electrons. The molecule has 6 nitrogen and oxygen atoms in total. The SMILES string of the molecule is CCc1nc2ccccc2c(C(=O)O[C@@H](C)C(=O)Nc2ccccc2OC)c1C. The minimum Gasteiger partial charge on any atom is -0.495 e. The molecule has 150 valence electrons. The average molecular weight is 392 g/mol. The molecule has 0 fully saturated rings. The van der Waals surface area contributed by atoms with Crippen LogP contribution >= 0.6 is 0 Å². The minimum atomic E-state index is -0.983. The Morgan fingerprint density at radius 2 is 1.79 bits per heavy atom. The van der Waals surface area contributed by atoms with Crippen molar-refractivity contribution in [2.24, 2.45) is 0 Å². The Morgan fingerprint density at radius 3 is 2.52 bits per heavy atom. The van der Waals surface area contributed by atoms with E-state index in [4.69, 9.17) is 9.47 Å². The summed E-state index contributed by atoms with van der Waals surface area (Å²) < 4.78 is 10.7. The lowest BCUT2D eigenvalue weighted by Crippen LogP contribution is -2.30. The third-order valence-electron chi connectivity index (χ3n) is 4.79. The van der Waals surface area contributed by atoms with E-state index in [1.807, 2.05) is 38.1 Å². The fourth-order valence-corrected chi connectivity index (χ4v) is 3.22. The highest BCUT2D eigenvalue weighted by molar-refractivity contribution is 6.06. The molecule has 6 heteroatoms. The zero-order valence-corrected chi connectivity index (χ0v) is 17.0. The molecular formula is C23H24N2O4. The quantitative estimate of drug-likeness (QED) is 0.633. The number of anilines is 1. The standard InChI is InChI=1S/C23H24N2O4/c1-5-17-14(2)21(16-10-6-7-11-18(16)24-17)23(27)29-15(3)22(26)25-19-12-8-9-13-20(19)28-4/h6-13,15H,5H2,1-4H3,(H,25,26)/t15-/m0/s1. The van der Waals surface area contributed by atoms with Crippen LogP contribution in [0.15, 0.2) is 48.5 Å². The van der Waals surface area contributed by atoms with E-state index in [9.17, 15) is 9.59 Å². The highest BCUT2D eigenvalue weighted by Crippen LogP contribution is 2.26. The second-order valence-electron chi connectivity index (χ2n) is 6.67. The molecule has 0 aliphatic heterocycles. The van der Waals surface area contributed by atoms with Crippen molar-refractivity contribution in [3.05, 3.63) is 65.4 Å². The summed E-state index contributed by atoms with van der Waals surface area (Å²) >= 11 is 0. The van der Waals surface area contributed by atoms with Crippen LogP contribution in [0.4, 0.5) is 5.69 Å². The number of nitrogens with zero attached hydrogens (tertiary/aromatic N) is 1. The summed E-state index contributed by atoms with van der Waals surface area (Å²) in [5, 5.41) is 3.45. The number of fused-ring (bicyclic) bond motifs is 1. The summed E-state index contributed by atoms with van der Waals surface area (Å²) in [5.74, 6) is -0.448. The molecule has 0 aliphatic carbocycles. The lowest BCUT2D eigenvalue weighted by molar-refractivity contribution is -0.123. The molecule has 1 heterocycles. The van der Waals surface area contributed by atoms with Gasteiger partial charge in [-0.25, -0.2) is 4.79 Å². The van der Waals surface area contributed by atoms with Gasteiger partial charge in [0.1, 0.15) is 5.75 Å². The molecule has 0 spiro atoms. The number of ether oxygens (including phenoxy) is 2. The van der Waals surface area contributed by atoms with Gasteiger partial charge in [0, 0.05) is 11.1 Å². The fraction of sp³-hybridized carbons (Fsp3) is 0.261. The van der Waals surface area contributed by atoms with E-state index in [2.05, 4.69) is 10.3 Å². The summed E-state index contributed by atoms with van der Waals surface area (Å²) in [6.45, 7) is 5.39. The monoisotopic (exact) mass is 392 g/mol. The van der Waals surface area contributed by atoms with Crippen molar-refractivity contribution in [3.8, 4) is 5.75 Å². The number of rotatable bonds is 6. The van der Waals surface area contributed by atoms with Crippen molar-refractivity contribution >= 4 is 28.5 Å². The van der Waals surface area contributed by atoms with Crippen molar-refractivity contribution in [1.82, 2.24) is 4.98 Å². The first kappa shape index (κ1) is 20.3. The number of nitrogens with one attached hydrogen (secondary N) is 1. The molecule has 3 aromatic rings. The van der Waals surface area contributed by atoms with Crippen molar-refractivity contribution in [2.75, 3.05) is 12.4 Å². The maximum absolute atomic E-state index is 13.0. The van der Waals surface area contributed by atoms with E-state index >= 15 is 0 Å². The molecule has 1 N–H and O–H groups in total. The zero-order valence-electron chi connectivity index (χ0n) is 17.0. The predicted octanol–water partition coefficient (Wildman–Crippen LogP) is 4.30. The summed E-state index contributed by atoms with van der Waals surface area (Å²) in [6.07, 6.45) is -0.287. The number of methoxy groups -OCH3 is 1. The van der Waals surface area contributed by atoms with E-state index < -0.39 is 18.0 Å². The fourth-order valence-electron chi connectivity index (χ4n) is 3.22. The van der Waals surface area contributed by atoms with Gasteiger partial charge in [0.05, 0.1) is 23.9 Å². The second kappa shape index (κ2) is 8.73. The Bertz CT molecular complexity index is 1060. The Hall–Kier alpha value is -3.41. The molecule has 0 bridgehead atoms. The van der Waals surface area contributed by atoms with Gasteiger partial charge < -0.3 is 14.8 Å². The van der Waals surface area contributed by atoms with Crippen molar-refractivity contribution in [3.63, 3.8) is 0 Å². The number of amides is 1. The number of pyridine rings is 1. The number of carbonyl (C=O) groups excluding carboxylic acids is 2. The van der Waals surface area contributed by atoms with Gasteiger partial charge in [-0.2, -0.15) is 0 Å². The van der Waals surface area contributed by atoms with E-state index in [1.165, 1.54) is 7.11 Å². The summed E-state index contributed by atoms with van der Waals surface area (Å²) in [5.41, 5.74) is 3.30. The van der Waals surface area contributed by atoms with Crippen LogP contribution in [0.5, 0.6) is 5.75 Å². The van der Waals surface area contributed by atoms with Crippen LogP contribution in [-0.4, -0.2) is 30.1 Å². The van der Waals surface area contributed by atoms with Gasteiger partial charge in [0.2, 0.25) is 0 Å². The van der Waals surface area contributed by atoms with E-state index in [-0.39, 0.29) is 0 Å². The molecule has 0 saturated carbocycles. The first-order valence-corrected chi connectivity index (χ1v) is 9.49. The van der Waals surface area contributed by atoms with Gasteiger partial charge in [0.25, 0.3) is 5.91 Å². The van der Waals surface area contributed by atoms with Crippen molar-refractivity contribution in [2.45, 2.75) is 33.3 Å². The van der Waals surface area contributed by atoms with Crippen LogP contribution in [0.25, 0.3) is 10.9 Å². The first-order valence-electron chi connectivity index (χ1n) is 9.49. The molecule has 0 aliphatic rings. The second-order valence-corrected chi connectivity index (χ2v) is 6.67. The lowest BCUT2D eigenvalue weighted by Gasteiger charge is -2.17. The maximum Gasteiger partial charge on any atom is 0.339 e. The number of esters is 1. The van der Waals surface area contributed by atoms with Gasteiger partial charge in [-0.1, -0.05) is 37.3 Å². The number of para-hydroxylation sites is 3. The van der Waals surface area contributed by atoms with Crippen LogP contribution < -0.4 is 10.1 Å². The summed E-state index contributed by atoms with van der Waals surface area (Å²) in [7, 11) is 1.52. The molecule has 3 rings (SSSR count). The minimum absolute atomic E-state index is 0.436. The number of aryl methyl sites for hydroxylation is 1. The molecule has 0 unspecified atom stereocenters. The van der Waals surface area contributed by atoms with Gasteiger partial charge >= 0.3 is 5.97 Å². The van der Waals surface area contributed by atoms with Gasteiger partial charge in [0.15, 0.2) is 6.10 Å². The Labute approximate surface area is 169 Å². The zero-order chi connectivity index (χ0) is 21.0. The Morgan fingerprint density at radius 1 is 1.10 bits per heavy atom. The molecular weight excluding hydrogens is 368 g/mol. The van der Waals surface area contributed by atoms with E-state index in [0.29, 0.717) is 28.8 Å². The average Bonchev–Trinajstić information content (AvgIpc) is 2.73. The largest absolute Gasteiger partial charge is 0.495 e. The Balaban J connectivity index is 1.84. The van der Waals surface area contributed by atoms with Crippen LogP contribution in [0, 0.1) is 6.92 Å². The predicted molar refractivity (Wildman–Crippen MR) is 112 cm³/mol. The van der Waals surface area contributed by atoms with Crippen LogP contribution in [-0.2, 0) is 16.0 Å². The lowest BCUT2D eigenvalue weighted by atomic mass is 10.0. The first-order chi connectivity index (χ1) is 14.0. The maximum atomic E-state index is 13.0. The Kier molecular flexibility index (Phi) is 6.12. The molecule has 1 aromatic heterocycles. The van der Waals surface area contributed by atoms with Gasteiger partial charge in [-0.3, -0.25) is 9.78 Å². The number of aromatic nitrogens is 1. The molecule has 29 heavy (non-hydrogen) atoms. The smallest absolute Gasteiger partial charge is 0.339 e. The van der Waals surface area contributed by atoms with Crippen LogP contribution in [0.3, 0.4) is 0 Å². The van der Waals surface area contributed by atoms with Crippen LogP contribution in [0.2, 0.25) is 0 Å². The van der Waals surface area contributed by atoms with E-state index in [0.717, 1.165) is 16.8 Å². The summed E-state index contributed by atoms with van der Waals surface area (Å²) in [4.78, 5) is 30.2. The molecule has 1 amide bonds. The molecule has 1 atom stereocenters. The van der Waals surface area contributed by atoms with Crippen molar-refractivity contribution < 1.29 is 19.1 Å². The highest BCUT2D eigenvalue weighted by Gasteiger charge is 2.24. The molecule has 2 aromatic carbocycles. The van der Waals surface area contributed by atoms with Gasteiger partial charge in [-0.05, 0) is 44.0 Å². The third kappa shape index (κ3) is 4.21. The highest BCUT2D eigenvalue weighted by atomic mass is 16.5. The number of hydrogen-bond acceptors (Lipinski definition) is 5. The summed E-state index contributed by atoms with van der Waals surface area (Å²) in [6, 6.07) is 14.5. The normalized spacial score (nSPS) is 11.7. The number of carbonyl (C=O) groups is 2. The third-order valence-corrected chi connectivity index (χ3v) is 4.79. The van der Waals surface area contributed by atoms with E-state index in [1.54, 1.807) is 31.2 Å². The molecule has 0 saturated heterocycles. The number of benzene rings is 2. The van der Waals surface area contributed by atoms with Gasteiger partial charge in [-0.15, -0.1) is 0 Å². The number of hydrogen-bond donors (Lipinski definition) is 1. The van der Waals surface area contributed by atoms with Crippen molar-refractivity contribution in [1.29, 1.82) is 0 Å².